The van der Waals surface area contributed by atoms with Crippen LogP contribution < -0.4 is 10.5 Å². The van der Waals surface area contributed by atoms with Gasteiger partial charge in [-0.2, -0.15) is 0 Å². The van der Waals surface area contributed by atoms with E-state index in [0.717, 1.165) is 5.56 Å². The van der Waals surface area contributed by atoms with Crippen molar-refractivity contribution in [1.29, 1.82) is 0 Å². The van der Waals surface area contributed by atoms with E-state index < -0.39 is 15.8 Å². The summed E-state index contributed by atoms with van der Waals surface area (Å²) < 4.78 is 32.3. The second kappa shape index (κ2) is 5.43. The van der Waals surface area contributed by atoms with Crippen molar-refractivity contribution in [2.45, 2.75) is 17.9 Å². The van der Waals surface area contributed by atoms with E-state index >= 15 is 0 Å². The Balaban J connectivity index is 1.92. The maximum absolute atomic E-state index is 12.4. The maximum atomic E-state index is 12.4. The van der Waals surface area contributed by atoms with Gasteiger partial charge in [0, 0.05) is 12.1 Å². The summed E-state index contributed by atoms with van der Waals surface area (Å²) in [6.07, 6.45) is 0. The van der Waals surface area contributed by atoms with Crippen molar-refractivity contribution in [1.82, 2.24) is 9.71 Å². The molecule has 0 radical (unpaired) electrons. The van der Waals surface area contributed by atoms with Crippen LogP contribution in [0.1, 0.15) is 18.5 Å². The van der Waals surface area contributed by atoms with Gasteiger partial charge in [-0.05, 0) is 24.6 Å². The Kier molecular flexibility index (Phi) is 3.59. The highest BCUT2D eigenvalue weighted by molar-refractivity contribution is 7.89. The molecular formula is C15H14N2O4S. The van der Waals surface area contributed by atoms with Crippen molar-refractivity contribution >= 4 is 21.1 Å². The molecule has 0 spiro atoms. The number of rotatable bonds is 4. The summed E-state index contributed by atoms with van der Waals surface area (Å²) in [7, 11) is -3.72. The Labute approximate surface area is 126 Å². The Morgan fingerprint density at radius 2 is 1.86 bits per heavy atom. The van der Waals surface area contributed by atoms with E-state index in [1.165, 1.54) is 18.2 Å². The molecule has 0 aliphatic rings. The SMILES string of the molecule is C[C@@H](NS(=O)(=O)c1ccc2[nH]c(=O)oc2c1)c1ccccc1. The van der Waals surface area contributed by atoms with Gasteiger partial charge in [-0.25, -0.2) is 17.9 Å². The number of sulfonamides is 1. The molecule has 0 amide bonds. The Morgan fingerprint density at radius 3 is 2.59 bits per heavy atom. The van der Waals surface area contributed by atoms with Gasteiger partial charge in [0.15, 0.2) is 5.58 Å². The molecule has 6 nitrogen and oxygen atoms in total. The predicted molar refractivity (Wildman–Crippen MR) is 82.0 cm³/mol. The first-order chi connectivity index (χ1) is 10.5. The number of oxazole rings is 1. The molecule has 3 aromatic rings. The first-order valence-corrected chi connectivity index (χ1v) is 8.14. The van der Waals surface area contributed by atoms with Crippen molar-refractivity contribution in [2.24, 2.45) is 0 Å². The van der Waals surface area contributed by atoms with Crippen LogP contribution in [0.15, 0.2) is 62.6 Å². The topological polar surface area (TPSA) is 92.2 Å². The van der Waals surface area contributed by atoms with Crippen LogP contribution in [-0.2, 0) is 10.0 Å². The van der Waals surface area contributed by atoms with Crippen LogP contribution in [-0.4, -0.2) is 13.4 Å². The van der Waals surface area contributed by atoms with Gasteiger partial charge >= 0.3 is 5.76 Å². The fourth-order valence-electron chi connectivity index (χ4n) is 2.20. The molecule has 2 N–H and O–H groups in total. The minimum atomic E-state index is -3.72. The Hall–Kier alpha value is -2.38. The first-order valence-electron chi connectivity index (χ1n) is 6.66. The van der Waals surface area contributed by atoms with E-state index in [1.54, 1.807) is 6.92 Å². The summed E-state index contributed by atoms with van der Waals surface area (Å²) >= 11 is 0. The number of hydrogen-bond donors (Lipinski definition) is 2. The monoisotopic (exact) mass is 318 g/mol. The lowest BCUT2D eigenvalue weighted by atomic mass is 10.1. The van der Waals surface area contributed by atoms with Gasteiger partial charge in [0.25, 0.3) is 0 Å². The van der Waals surface area contributed by atoms with Crippen LogP contribution in [0.4, 0.5) is 0 Å². The molecule has 0 aliphatic heterocycles. The summed E-state index contributed by atoms with van der Waals surface area (Å²) in [6.45, 7) is 1.77. The van der Waals surface area contributed by atoms with E-state index in [2.05, 4.69) is 9.71 Å². The zero-order chi connectivity index (χ0) is 15.7. The maximum Gasteiger partial charge on any atom is 0.417 e. The second-order valence-electron chi connectivity index (χ2n) is 4.93. The van der Waals surface area contributed by atoms with Gasteiger partial charge in [0.05, 0.1) is 10.4 Å². The molecule has 0 aliphatic carbocycles. The second-order valence-corrected chi connectivity index (χ2v) is 6.64. The van der Waals surface area contributed by atoms with Crippen molar-refractivity contribution in [3.63, 3.8) is 0 Å². The van der Waals surface area contributed by atoms with E-state index in [0.29, 0.717) is 5.52 Å². The average Bonchev–Trinajstić information content (AvgIpc) is 2.86. The third kappa shape index (κ3) is 2.81. The van der Waals surface area contributed by atoms with Gasteiger partial charge in [0.2, 0.25) is 10.0 Å². The molecule has 0 fully saturated rings. The fourth-order valence-corrected chi connectivity index (χ4v) is 3.45. The first kappa shape index (κ1) is 14.6. The lowest BCUT2D eigenvalue weighted by Gasteiger charge is -2.14. The van der Waals surface area contributed by atoms with Crippen LogP contribution in [0.25, 0.3) is 11.1 Å². The number of aromatic nitrogens is 1. The molecule has 0 unspecified atom stereocenters. The third-order valence-corrected chi connectivity index (χ3v) is 4.87. The summed E-state index contributed by atoms with van der Waals surface area (Å²) in [4.78, 5) is 13.6. The lowest BCUT2D eigenvalue weighted by molar-refractivity contribution is 0.552. The van der Waals surface area contributed by atoms with Crippen LogP contribution >= 0.6 is 0 Å². The molecule has 0 saturated heterocycles. The quantitative estimate of drug-likeness (QED) is 0.771. The highest BCUT2D eigenvalue weighted by Gasteiger charge is 2.19. The Bertz CT molecular complexity index is 958. The minimum absolute atomic E-state index is 0.0468. The fraction of sp³-hybridized carbons (Fsp3) is 0.133. The van der Waals surface area contributed by atoms with Crippen molar-refractivity contribution in [3.8, 4) is 0 Å². The Morgan fingerprint density at radius 1 is 1.14 bits per heavy atom. The molecule has 1 atom stereocenters. The van der Waals surface area contributed by atoms with Gasteiger partial charge in [-0.1, -0.05) is 30.3 Å². The highest BCUT2D eigenvalue weighted by atomic mass is 32.2. The molecule has 2 aromatic carbocycles. The van der Waals surface area contributed by atoms with E-state index in [-0.39, 0.29) is 16.5 Å². The molecule has 3 rings (SSSR count). The zero-order valence-electron chi connectivity index (χ0n) is 11.7. The number of fused-ring (bicyclic) bond motifs is 1. The van der Waals surface area contributed by atoms with Gasteiger partial charge < -0.3 is 4.42 Å². The van der Waals surface area contributed by atoms with E-state index in [9.17, 15) is 13.2 Å². The van der Waals surface area contributed by atoms with Gasteiger partial charge in [-0.3, -0.25) is 4.98 Å². The minimum Gasteiger partial charge on any atom is -0.408 e. The van der Waals surface area contributed by atoms with Crippen molar-refractivity contribution < 1.29 is 12.8 Å². The van der Waals surface area contributed by atoms with E-state index in [1.807, 2.05) is 30.3 Å². The normalized spacial score (nSPS) is 13.3. The van der Waals surface area contributed by atoms with Crippen molar-refractivity contribution in [2.75, 3.05) is 0 Å². The standard InChI is InChI=1S/C15H14N2O4S/c1-10(11-5-3-2-4-6-11)17-22(19,20)12-7-8-13-14(9-12)21-15(18)16-13/h2-10,17H,1H3,(H,16,18)/t10-/m1/s1. The summed E-state index contributed by atoms with van der Waals surface area (Å²) in [5.74, 6) is -0.616. The molecule has 114 valence electrons. The largest absolute Gasteiger partial charge is 0.417 e. The van der Waals surface area contributed by atoms with Crippen molar-refractivity contribution in [3.05, 3.63) is 64.6 Å². The summed E-state index contributed by atoms with van der Waals surface area (Å²) in [5.41, 5.74) is 1.53. The van der Waals surface area contributed by atoms with Crippen LogP contribution in [0.3, 0.4) is 0 Å². The number of aromatic amines is 1. The molecule has 0 bridgehead atoms. The van der Waals surface area contributed by atoms with Crippen LogP contribution in [0.2, 0.25) is 0 Å². The average molecular weight is 318 g/mol. The van der Waals surface area contributed by atoms with Gasteiger partial charge in [0.1, 0.15) is 0 Å². The van der Waals surface area contributed by atoms with Gasteiger partial charge in [-0.15, -0.1) is 0 Å². The molecule has 1 aromatic heterocycles. The van der Waals surface area contributed by atoms with Crippen LogP contribution in [0, 0.1) is 0 Å². The highest BCUT2D eigenvalue weighted by Crippen LogP contribution is 2.19. The summed E-state index contributed by atoms with van der Waals surface area (Å²) in [5, 5.41) is 0. The molecule has 1 heterocycles. The smallest absolute Gasteiger partial charge is 0.408 e. The summed E-state index contributed by atoms with van der Waals surface area (Å²) in [6, 6.07) is 13.1. The number of nitrogens with one attached hydrogen (secondary N) is 2. The number of hydrogen-bond acceptors (Lipinski definition) is 4. The molecular weight excluding hydrogens is 304 g/mol. The number of benzene rings is 2. The molecule has 22 heavy (non-hydrogen) atoms. The third-order valence-electron chi connectivity index (χ3n) is 3.33. The molecule has 7 heteroatoms. The molecule has 0 saturated carbocycles. The lowest BCUT2D eigenvalue weighted by Crippen LogP contribution is -2.26. The van der Waals surface area contributed by atoms with E-state index in [4.69, 9.17) is 4.42 Å². The zero-order valence-corrected chi connectivity index (χ0v) is 12.6. The number of H-pyrrole nitrogens is 1. The predicted octanol–water partition coefficient (Wildman–Crippen LogP) is 2.16. The van der Waals surface area contributed by atoms with Crippen LogP contribution in [0.5, 0.6) is 0 Å².